The number of carbonyl (C=O) groups excluding carboxylic acids is 1. The van der Waals surface area contributed by atoms with Gasteiger partial charge in [-0.1, -0.05) is 12.5 Å². The van der Waals surface area contributed by atoms with E-state index < -0.39 is 0 Å². The van der Waals surface area contributed by atoms with Crippen LogP contribution in [0.15, 0.2) is 42.5 Å². The van der Waals surface area contributed by atoms with Crippen LogP contribution < -0.4 is 10.2 Å². The van der Waals surface area contributed by atoms with E-state index in [0.29, 0.717) is 5.56 Å². The number of carbonyl (C=O) groups is 1. The van der Waals surface area contributed by atoms with Crippen molar-refractivity contribution in [1.82, 2.24) is 4.90 Å². The second-order valence-corrected chi connectivity index (χ2v) is 7.75. The van der Waals surface area contributed by atoms with Gasteiger partial charge in [-0.15, -0.1) is 12.4 Å². The fourth-order valence-electron chi connectivity index (χ4n) is 4.02. The third kappa shape index (κ3) is 4.72. The molecule has 1 fully saturated rings. The lowest BCUT2D eigenvalue weighted by Crippen LogP contribution is -2.41. The molecule has 2 aromatic rings. The molecule has 0 saturated heterocycles. The SMILES string of the molecule is CN(C(=O)Nc1ccc2c(c1)CCN(C1CCC1)CC2)c1ccc(C#N)cc1.Cl. The van der Waals surface area contributed by atoms with Gasteiger partial charge < -0.3 is 5.32 Å². The number of urea groups is 1. The van der Waals surface area contributed by atoms with Crippen LogP contribution >= 0.6 is 12.4 Å². The highest BCUT2D eigenvalue weighted by Crippen LogP contribution is 2.28. The third-order valence-corrected chi connectivity index (χ3v) is 6.07. The van der Waals surface area contributed by atoms with Gasteiger partial charge in [0.25, 0.3) is 0 Å². The number of amides is 2. The van der Waals surface area contributed by atoms with E-state index in [0.717, 1.165) is 43.3 Å². The van der Waals surface area contributed by atoms with Crippen LogP contribution in [-0.4, -0.2) is 37.1 Å². The van der Waals surface area contributed by atoms with Gasteiger partial charge in [0, 0.05) is 37.6 Å². The molecule has 2 aliphatic rings. The summed E-state index contributed by atoms with van der Waals surface area (Å²) in [4.78, 5) is 16.8. The van der Waals surface area contributed by atoms with Gasteiger partial charge >= 0.3 is 6.03 Å². The van der Waals surface area contributed by atoms with Crippen LogP contribution in [0.25, 0.3) is 0 Å². The molecule has 1 saturated carbocycles. The molecule has 6 heteroatoms. The summed E-state index contributed by atoms with van der Waals surface area (Å²) in [6.45, 7) is 2.25. The fourth-order valence-corrected chi connectivity index (χ4v) is 4.02. The molecule has 0 aromatic heterocycles. The maximum absolute atomic E-state index is 12.6. The normalized spacial score (nSPS) is 16.4. The van der Waals surface area contributed by atoms with E-state index >= 15 is 0 Å². The topological polar surface area (TPSA) is 59.4 Å². The molecule has 2 aromatic carbocycles. The second-order valence-electron chi connectivity index (χ2n) is 7.75. The van der Waals surface area contributed by atoms with Crippen molar-refractivity contribution in [2.45, 2.75) is 38.1 Å². The Bertz CT molecular complexity index is 902. The van der Waals surface area contributed by atoms with Crippen molar-refractivity contribution in [2.24, 2.45) is 0 Å². The number of benzene rings is 2. The predicted molar refractivity (Wildman–Crippen MR) is 119 cm³/mol. The number of rotatable bonds is 3. The molecular weight excluding hydrogens is 384 g/mol. The van der Waals surface area contributed by atoms with Gasteiger partial charge in [-0.05, 0) is 73.2 Å². The van der Waals surface area contributed by atoms with Crippen LogP contribution in [0.2, 0.25) is 0 Å². The number of fused-ring (bicyclic) bond motifs is 1. The fraction of sp³-hybridized carbons (Fsp3) is 0.391. The number of hydrogen-bond donors (Lipinski definition) is 1. The molecule has 2 amide bonds. The Hall–Kier alpha value is -2.55. The van der Waals surface area contributed by atoms with Crippen molar-refractivity contribution in [1.29, 1.82) is 5.26 Å². The van der Waals surface area contributed by atoms with Crippen LogP contribution in [0.5, 0.6) is 0 Å². The van der Waals surface area contributed by atoms with Crippen molar-refractivity contribution in [3.63, 3.8) is 0 Å². The van der Waals surface area contributed by atoms with Gasteiger partial charge in [0.2, 0.25) is 0 Å². The zero-order valence-electron chi connectivity index (χ0n) is 16.7. The maximum Gasteiger partial charge on any atom is 0.326 e. The highest BCUT2D eigenvalue weighted by molar-refractivity contribution is 6.01. The van der Waals surface area contributed by atoms with Gasteiger partial charge in [-0.3, -0.25) is 9.80 Å². The van der Waals surface area contributed by atoms with Gasteiger partial charge in [-0.25, -0.2) is 4.79 Å². The number of anilines is 2. The first-order valence-electron chi connectivity index (χ1n) is 10.0. The van der Waals surface area contributed by atoms with Gasteiger partial charge in [0.15, 0.2) is 0 Å². The van der Waals surface area contributed by atoms with E-state index in [-0.39, 0.29) is 18.4 Å². The van der Waals surface area contributed by atoms with Crippen molar-refractivity contribution in [3.8, 4) is 6.07 Å². The molecule has 0 atom stereocenters. The van der Waals surface area contributed by atoms with Gasteiger partial charge in [0.1, 0.15) is 0 Å². The summed E-state index contributed by atoms with van der Waals surface area (Å²) < 4.78 is 0. The van der Waals surface area contributed by atoms with E-state index in [1.54, 1.807) is 36.2 Å². The van der Waals surface area contributed by atoms with E-state index in [9.17, 15) is 4.79 Å². The highest BCUT2D eigenvalue weighted by Gasteiger charge is 2.26. The standard InChI is InChI=1S/C23H26N4O.ClH/c1-26(21-9-5-17(16-24)6-10-21)23(28)25-20-8-7-18-11-13-27(22-3-2-4-22)14-12-19(18)15-20;/h5-10,15,22H,2-4,11-14H2,1H3,(H,25,28);1H. The van der Waals surface area contributed by atoms with E-state index in [2.05, 4.69) is 28.4 Å². The third-order valence-electron chi connectivity index (χ3n) is 6.07. The molecule has 1 aliphatic heterocycles. The molecule has 0 radical (unpaired) electrons. The molecule has 5 nitrogen and oxygen atoms in total. The lowest BCUT2D eigenvalue weighted by molar-refractivity contribution is 0.133. The molecule has 1 aliphatic carbocycles. The first-order valence-corrected chi connectivity index (χ1v) is 10.0. The lowest BCUT2D eigenvalue weighted by atomic mass is 9.91. The van der Waals surface area contributed by atoms with Crippen molar-refractivity contribution in [3.05, 3.63) is 59.2 Å². The van der Waals surface area contributed by atoms with Crippen LogP contribution in [-0.2, 0) is 12.8 Å². The molecule has 4 rings (SSSR count). The Kier molecular flexibility index (Phi) is 6.79. The summed E-state index contributed by atoms with van der Waals surface area (Å²) in [6.07, 6.45) is 6.20. The average molecular weight is 411 g/mol. The van der Waals surface area contributed by atoms with Gasteiger partial charge in [-0.2, -0.15) is 5.26 Å². The predicted octanol–water partition coefficient (Wildman–Crippen LogP) is 4.60. The first-order chi connectivity index (χ1) is 13.6. The minimum atomic E-state index is -0.186. The summed E-state index contributed by atoms with van der Waals surface area (Å²) in [6, 6.07) is 16.0. The van der Waals surface area contributed by atoms with E-state index in [4.69, 9.17) is 5.26 Å². The van der Waals surface area contributed by atoms with Crippen molar-refractivity contribution >= 4 is 29.8 Å². The Balaban J connectivity index is 0.00000240. The van der Waals surface area contributed by atoms with Crippen LogP contribution in [0.3, 0.4) is 0 Å². The smallest absolute Gasteiger partial charge is 0.308 e. The quantitative estimate of drug-likeness (QED) is 0.804. The Morgan fingerprint density at radius 2 is 1.79 bits per heavy atom. The molecule has 1 heterocycles. The van der Waals surface area contributed by atoms with Gasteiger partial charge in [0.05, 0.1) is 11.6 Å². The Labute approximate surface area is 178 Å². The van der Waals surface area contributed by atoms with Crippen molar-refractivity contribution in [2.75, 3.05) is 30.4 Å². The van der Waals surface area contributed by atoms with E-state index in [1.165, 1.54) is 30.4 Å². The summed E-state index contributed by atoms with van der Waals surface area (Å²) in [5.41, 5.74) is 4.92. The van der Waals surface area contributed by atoms with Crippen molar-refractivity contribution < 1.29 is 4.79 Å². The zero-order chi connectivity index (χ0) is 19.5. The monoisotopic (exact) mass is 410 g/mol. The molecule has 0 unspecified atom stereocenters. The first kappa shape index (κ1) is 21.2. The zero-order valence-corrected chi connectivity index (χ0v) is 17.5. The number of nitrogens with one attached hydrogen (secondary N) is 1. The van der Waals surface area contributed by atoms with E-state index in [1.807, 2.05) is 6.07 Å². The number of nitrogens with zero attached hydrogens (tertiary/aromatic N) is 3. The number of nitriles is 1. The largest absolute Gasteiger partial charge is 0.326 e. The second kappa shape index (κ2) is 9.30. The molecule has 0 bridgehead atoms. The molecule has 152 valence electrons. The average Bonchev–Trinajstić information content (AvgIpc) is 2.88. The van der Waals surface area contributed by atoms with Crippen LogP contribution in [0.1, 0.15) is 36.0 Å². The molecule has 29 heavy (non-hydrogen) atoms. The highest BCUT2D eigenvalue weighted by atomic mass is 35.5. The Morgan fingerprint density at radius 1 is 1.10 bits per heavy atom. The molecule has 1 N–H and O–H groups in total. The minimum absolute atomic E-state index is 0. The van der Waals surface area contributed by atoms with Crippen LogP contribution in [0.4, 0.5) is 16.2 Å². The lowest BCUT2D eigenvalue weighted by Gasteiger charge is -2.36. The van der Waals surface area contributed by atoms with Crippen LogP contribution in [0, 0.1) is 11.3 Å². The number of halogens is 1. The minimum Gasteiger partial charge on any atom is -0.308 e. The number of hydrogen-bond acceptors (Lipinski definition) is 3. The molecular formula is C23H27ClN4O. The summed E-state index contributed by atoms with van der Waals surface area (Å²) in [7, 11) is 1.73. The molecule has 0 spiro atoms. The summed E-state index contributed by atoms with van der Waals surface area (Å²) >= 11 is 0. The maximum atomic E-state index is 12.6. The summed E-state index contributed by atoms with van der Waals surface area (Å²) in [5, 5.41) is 11.9. The Morgan fingerprint density at radius 3 is 2.41 bits per heavy atom. The summed E-state index contributed by atoms with van der Waals surface area (Å²) in [5.74, 6) is 0.